The second kappa shape index (κ2) is 6.25. The van der Waals surface area contributed by atoms with E-state index in [-0.39, 0.29) is 11.7 Å². The SMILES string of the molecule is CCn1ncc(Cl)c1-c1nnc(SCC(=O)NN)n1C. The van der Waals surface area contributed by atoms with Crippen LogP contribution in [0, 0.1) is 0 Å². The Bertz CT molecular complexity index is 623. The maximum atomic E-state index is 11.1. The third-order valence-electron chi connectivity index (χ3n) is 2.63. The highest BCUT2D eigenvalue weighted by atomic mass is 35.5. The number of aryl methyl sites for hydroxylation is 1. The number of hydrogen-bond acceptors (Lipinski definition) is 6. The number of carbonyl (C=O) groups excluding carboxylic acids is 1. The summed E-state index contributed by atoms with van der Waals surface area (Å²) in [5.41, 5.74) is 2.77. The van der Waals surface area contributed by atoms with E-state index in [1.165, 1.54) is 11.8 Å². The molecule has 20 heavy (non-hydrogen) atoms. The zero-order valence-electron chi connectivity index (χ0n) is 11.0. The van der Waals surface area contributed by atoms with Gasteiger partial charge in [-0.2, -0.15) is 5.10 Å². The maximum Gasteiger partial charge on any atom is 0.244 e. The van der Waals surface area contributed by atoms with Gasteiger partial charge in [0, 0.05) is 13.6 Å². The molecule has 0 unspecified atom stereocenters. The molecule has 0 saturated heterocycles. The number of nitrogens with two attached hydrogens (primary N) is 1. The van der Waals surface area contributed by atoms with E-state index in [0.717, 1.165) is 0 Å². The van der Waals surface area contributed by atoms with Crippen molar-refractivity contribution in [1.29, 1.82) is 0 Å². The summed E-state index contributed by atoms with van der Waals surface area (Å²) in [7, 11) is 1.81. The van der Waals surface area contributed by atoms with Crippen molar-refractivity contribution in [2.24, 2.45) is 12.9 Å². The third-order valence-corrected chi connectivity index (χ3v) is 3.93. The van der Waals surface area contributed by atoms with Crippen molar-refractivity contribution in [2.75, 3.05) is 5.75 Å². The summed E-state index contributed by atoms with van der Waals surface area (Å²) in [6.07, 6.45) is 1.57. The molecule has 2 aromatic rings. The van der Waals surface area contributed by atoms with Crippen LogP contribution in [0.3, 0.4) is 0 Å². The van der Waals surface area contributed by atoms with Crippen LogP contribution >= 0.6 is 23.4 Å². The zero-order valence-corrected chi connectivity index (χ0v) is 12.6. The number of halogens is 1. The Labute approximate surface area is 124 Å². The monoisotopic (exact) mass is 315 g/mol. The fourth-order valence-corrected chi connectivity index (χ4v) is 2.59. The molecule has 10 heteroatoms. The molecule has 1 amide bonds. The Morgan fingerprint density at radius 2 is 2.30 bits per heavy atom. The number of rotatable bonds is 5. The van der Waals surface area contributed by atoms with Gasteiger partial charge in [0.15, 0.2) is 11.0 Å². The summed E-state index contributed by atoms with van der Waals surface area (Å²) in [6.45, 7) is 2.64. The number of thioether (sulfide) groups is 1. The minimum Gasteiger partial charge on any atom is -0.304 e. The normalized spacial score (nSPS) is 10.8. The number of nitrogens with one attached hydrogen (secondary N) is 1. The highest BCUT2D eigenvalue weighted by molar-refractivity contribution is 7.99. The first-order valence-corrected chi connectivity index (χ1v) is 7.18. The van der Waals surface area contributed by atoms with Gasteiger partial charge in [-0.3, -0.25) is 14.9 Å². The van der Waals surface area contributed by atoms with E-state index in [9.17, 15) is 4.79 Å². The molecule has 0 aliphatic rings. The van der Waals surface area contributed by atoms with Gasteiger partial charge in [-0.15, -0.1) is 10.2 Å². The van der Waals surface area contributed by atoms with Crippen molar-refractivity contribution in [1.82, 2.24) is 30.0 Å². The van der Waals surface area contributed by atoms with Crippen LogP contribution in [0.5, 0.6) is 0 Å². The summed E-state index contributed by atoms with van der Waals surface area (Å²) >= 11 is 7.38. The molecule has 0 atom stereocenters. The molecule has 3 N–H and O–H groups in total. The van der Waals surface area contributed by atoms with Crippen molar-refractivity contribution in [3.63, 3.8) is 0 Å². The van der Waals surface area contributed by atoms with E-state index in [1.54, 1.807) is 22.5 Å². The van der Waals surface area contributed by atoms with Crippen molar-refractivity contribution >= 4 is 29.3 Å². The Kier molecular flexibility index (Phi) is 4.63. The maximum absolute atomic E-state index is 11.1. The first kappa shape index (κ1) is 14.8. The minimum absolute atomic E-state index is 0.170. The van der Waals surface area contributed by atoms with E-state index in [1.807, 2.05) is 6.92 Å². The second-order valence-electron chi connectivity index (χ2n) is 3.88. The number of hydrazine groups is 1. The van der Waals surface area contributed by atoms with Crippen LogP contribution in [-0.4, -0.2) is 36.2 Å². The predicted molar refractivity (Wildman–Crippen MR) is 76.0 cm³/mol. The van der Waals surface area contributed by atoms with Crippen LogP contribution in [0.25, 0.3) is 11.5 Å². The van der Waals surface area contributed by atoms with Crippen LogP contribution in [-0.2, 0) is 18.4 Å². The van der Waals surface area contributed by atoms with Crippen LogP contribution in [0.15, 0.2) is 11.4 Å². The lowest BCUT2D eigenvalue weighted by Crippen LogP contribution is -2.31. The summed E-state index contributed by atoms with van der Waals surface area (Å²) in [4.78, 5) is 11.1. The molecule has 0 aliphatic carbocycles. The van der Waals surface area contributed by atoms with E-state index >= 15 is 0 Å². The van der Waals surface area contributed by atoms with Crippen molar-refractivity contribution in [3.8, 4) is 11.5 Å². The van der Waals surface area contributed by atoms with Gasteiger partial charge >= 0.3 is 0 Å². The smallest absolute Gasteiger partial charge is 0.244 e. The summed E-state index contributed by atoms with van der Waals surface area (Å²) < 4.78 is 3.51. The molecular formula is C10H14ClN7OS. The Balaban J connectivity index is 2.28. The van der Waals surface area contributed by atoms with Crippen molar-refractivity contribution < 1.29 is 4.79 Å². The summed E-state index contributed by atoms with van der Waals surface area (Å²) in [6, 6.07) is 0. The van der Waals surface area contributed by atoms with Gasteiger partial charge in [0.2, 0.25) is 5.91 Å². The van der Waals surface area contributed by atoms with Gasteiger partial charge in [0.05, 0.1) is 17.0 Å². The van der Waals surface area contributed by atoms with Crippen molar-refractivity contribution in [3.05, 3.63) is 11.2 Å². The fourth-order valence-electron chi connectivity index (χ4n) is 1.64. The topological polar surface area (TPSA) is 104 Å². The van der Waals surface area contributed by atoms with Crippen LogP contribution in [0.1, 0.15) is 6.92 Å². The second-order valence-corrected chi connectivity index (χ2v) is 5.23. The van der Waals surface area contributed by atoms with E-state index in [0.29, 0.717) is 28.2 Å². The molecule has 0 aromatic carbocycles. The first-order chi connectivity index (χ1) is 9.58. The van der Waals surface area contributed by atoms with E-state index < -0.39 is 0 Å². The van der Waals surface area contributed by atoms with Crippen LogP contribution in [0.2, 0.25) is 5.02 Å². The van der Waals surface area contributed by atoms with Crippen LogP contribution in [0.4, 0.5) is 0 Å². The molecule has 0 saturated carbocycles. The lowest BCUT2D eigenvalue weighted by Gasteiger charge is -2.06. The average Bonchev–Trinajstić information content (AvgIpc) is 2.99. The lowest BCUT2D eigenvalue weighted by molar-refractivity contribution is -0.118. The standard InChI is InChI=1S/C10H14ClN7OS/c1-3-18-8(6(11)4-13-18)9-15-16-10(17(9)2)20-5-7(19)14-12/h4H,3,5,12H2,1-2H3,(H,14,19). The Hall–Kier alpha value is -1.58. The third kappa shape index (κ3) is 2.79. The predicted octanol–water partition coefficient (Wildman–Crippen LogP) is 0.434. The molecule has 2 aromatic heterocycles. The fraction of sp³-hybridized carbons (Fsp3) is 0.400. The number of aromatic nitrogens is 5. The molecule has 2 heterocycles. The summed E-state index contributed by atoms with van der Waals surface area (Å²) in [5.74, 6) is 5.52. The van der Waals surface area contributed by atoms with Gasteiger partial charge in [0.1, 0.15) is 5.69 Å². The number of nitrogens with zero attached hydrogens (tertiary/aromatic N) is 5. The highest BCUT2D eigenvalue weighted by Crippen LogP contribution is 2.28. The molecule has 0 spiro atoms. The molecular weight excluding hydrogens is 302 g/mol. The van der Waals surface area contributed by atoms with Gasteiger partial charge in [0.25, 0.3) is 0 Å². The van der Waals surface area contributed by atoms with Gasteiger partial charge in [-0.1, -0.05) is 23.4 Å². The molecule has 0 bridgehead atoms. The first-order valence-electron chi connectivity index (χ1n) is 5.81. The molecule has 8 nitrogen and oxygen atoms in total. The van der Waals surface area contributed by atoms with Gasteiger partial charge in [-0.05, 0) is 6.92 Å². The average molecular weight is 316 g/mol. The minimum atomic E-state index is -0.281. The van der Waals surface area contributed by atoms with Crippen LogP contribution < -0.4 is 11.3 Å². The summed E-state index contributed by atoms with van der Waals surface area (Å²) in [5, 5.41) is 13.4. The molecule has 0 fully saturated rings. The molecule has 108 valence electrons. The number of hydrogen-bond donors (Lipinski definition) is 2. The lowest BCUT2D eigenvalue weighted by atomic mass is 10.4. The molecule has 0 aliphatic heterocycles. The number of carbonyl (C=O) groups is 1. The Morgan fingerprint density at radius 1 is 1.55 bits per heavy atom. The largest absolute Gasteiger partial charge is 0.304 e. The Morgan fingerprint density at radius 3 is 2.95 bits per heavy atom. The number of amides is 1. The zero-order chi connectivity index (χ0) is 14.7. The van der Waals surface area contributed by atoms with E-state index in [2.05, 4.69) is 20.7 Å². The highest BCUT2D eigenvalue weighted by Gasteiger charge is 2.19. The van der Waals surface area contributed by atoms with Crippen molar-refractivity contribution in [2.45, 2.75) is 18.6 Å². The molecule has 2 rings (SSSR count). The van der Waals surface area contributed by atoms with Gasteiger partial charge < -0.3 is 4.57 Å². The van der Waals surface area contributed by atoms with Gasteiger partial charge in [-0.25, -0.2) is 5.84 Å². The quantitative estimate of drug-likeness (QED) is 0.359. The molecule has 0 radical (unpaired) electrons. The van der Waals surface area contributed by atoms with E-state index in [4.69, 9.17) is 17.4 Å².